The molecule has 0 aliphatic rings. The van der Waals surface area contributed by atoms with Gasteiger partial charge in [-0.2, -0.15) is 0 Å². The molecule has 0 fully saturated rings. The summed E-state index contributed by atoms with van der Waals surface area (Å²) in [6, 6.07) is 10.4. The molecular weight excluding hydrogens is 292 g/mol. The number of nitrogens with one attached hydrogen (secondary N) is 1. The van der Waals surface area contributed by atoms with Crippen LogP contribution in [0.1, 0.15) is 5.56 Å². The molecule has 2 rings (SSSR count). The highest BCUT2D eigenvalue weighted by Crippen LogP contribution is 2.13. The summed E-state index contributed by atoms with van der Waals surface area (Å²) in [5.41, 5.74) is 0.515. The molecule has 1 heterocycles. The van der Waals surface area contributed by atoms with Gasteiger partial charge in [0.25, 0.3) is 5.56 Å². The fourth-order valence-electron chi connectivity index (χ4n) is 1.91. The van der Waals surface area contributed by atoms with E-state index in [1.54, 1.807) is 19.4 Å². The first-order chi connectivity index (χ1) is 9.89. The summed E-state index contributed by atoms with van der Waals surface area (Å²) in [5.74, 6) is 0.700. The summed E-state index contributed by atoms with van der Waals surface area (Å²) < 4.78 is 31.2. The van der Waals surface area contributed by atoms with E-state index in [2.05, 4.69) is 4.72 Å². The smallest absolute Gasteiger partial charge is 0.275 e. The largest absolute Gasteiger partial charge is 0.497 e. The third-order valence-corrected chi connectivity index (χ3v) is 3.39. The predicted molar refractivity (Wildman–Crippen MR) is 81.3 cm³/mol. The summed E-state index contributed by atoms with van der Waals surface area (Å²) in [6.07, 6.45) is 2.61. The maximum absolute atomic E-state index is 12.2. The molecule has 0 radical (unpaired) electrons. The van der Waals surface area contributed by atoms with Gasteiger partial charge >= 0.3 is 0 Å². The number of benzene rings is 1. The lowest BCUT2D eigenvalue weighted by molar-refractivity contribution is 0.414. The van der Waals surface area contributed by atoms with Gasteiger partial charge in [0.2, 0.25) is 10.0 Å². The van der Waals surface area contributed by atoms with Crippen molar-refractivity contribution in [2.75, 3.05) is 18.1 Å². The summed E-state index contributed by atoms with van der Waals surface area (Å²) in [6.45, 7) is 0.329. The molecule has 0 saturated carbocycles. The molecule has 2 aromatic rings. The van der Waals surface area contributed by atoms with Crippen molar-refractivity contribution >= 4 is 15.7 Å². The van der Waals surface area contributed by atoms with Gasteiger partial charge in [0.05, 0.1) is 19.9 Å². The minimum absolute atomic E-state index is 0.0305. The van der Waals surface area contributed by atoms with E-state index in [0.29, 0.717) is 12.3 Å². The number of methoxy groups -OCH3 is 1. The second-order valence-electron chi connectivity index (χ2n) is 4.58. The molecule has 0 spiro atoms. The van der Waals surface area contributed by atoms with Crippen LogP contribution in [0.15, 0.2) is 47.4 Å². The second-order valence-corrected chi connectivity index (χ2v) is 6.33. The number of sulfonamides is 1. The maximum Gasteiger partial charge on any atom is 0.275 e. The molecule has 21 heavy (non-hydrogen) atoms. The fourth-order valence-corrected chi connectivity index (χ4v) is 2.46. The van der Waals surface area contributed by atoms with Gasteiger partial charge in [-0.15, -0.1) is 0 Å². The van der Waals surface area contributed by atoms with Gasteiger partial charge in [0.15, 0.2) is 0 Å². The number of aromatic nitrogens is 1. The zero-order chi connectivity index (χ0) is 15.5. The van der Waals surface area contributed by atoms with Gasteiger partial charge in [-0.25, -0.2) is 8.42 Å². The number of hydrogen-bond acceptors (Lipinski definition) is 4. The molecule has 112 valence electrons. The number of hydrogen-bond donors (Lipinski definition) is 1. The average molecular weight is 308 g/mol. The van der Waals surface area contributed by atoms with Gasteiger partial charge in [0, 0.05) is 6.20 Å². The molecule has 0 saturated heterocycles. The first-order valence-electron chi connectivity index (χ1n) is 6.19. The third-order valence-electron chi connectivity index (χ3n) is 2.80. The van der Waals surface area contributed by atoms with Crippen molar-refractivity contribution < 1.29 is 13.2 Å². The van der Waals surface area contributed by atoms with E-state index in [-0.39, 0.29) is 5.69 Å². The maximum atomic E-state index is 12.2. The van der Waals surface area contributed by atoms with Gasteiger partial charge in [-0.1, -0.05) is 12.1 Å². The van der Waals surface area contributed by atoms with Gasteiger partial charge in [-0.3, -0.25) is 9.52 Å². The van der Waals surface area contributed by atoms with Crippen molar-refractivity contribution in [1.82, 2.24) is 4.57 Å². The quantitative estimate of drug-likeness (QED) is 0.902. The highest BCUT2D eigenvalue weighted by molar-refractivity contribution is 7.92. The molecule has 0 atom stereocenters. The number of rotatable bonds is 5. The third kappa shape index (κ3) is 4.09. The van der Waals surface area contributed by atoms with Crippen LogP contribution >= 0.6 is 0 Å². The Labute approximate surface area is 123 Å². The Balaban J connectivity index is 2.32. The normalized spacial score (nSPS) is 11.1. The standard InChI is InChI=1S/C14H16N2O4S/c1-20-12-6-3-5-11(9-12)10-16-8-4-7-13(14(16)17)15-21(2,18)19/h3-9,15H,10H2,1-2H3. The highest BCUT2D eigenvalue weighted by Gasteiger charge is 2.08. The SMILES string of the molecule is COc1cccc(Cn2cccc(NS(C)(=O)=O)c2=O)c1. The van der Waals surface area contributed by atoms with Gasteiger partial charge in [-0.05, 0) is 29.8 Å². The predicted octanol–water partition coefficient (Wildman–Crippen LogP) is 1.28. The average Bonchev–Trinajstić information content (AvgIpc) is 2.42. The summed E-state index contributed by atoms with van der Waals surface area (Å²) in [5, 5.41) is 0. The van der Waals surface area contributed by atoms with Crippen molar-refractivity contribution in [1.29, 1.82) is 0 Å². The Bertz CT molecular complexity index is 797. The topological polar surface area (TPSA) is 77.4 Å². The summed E-state index contributed by atoms with van der Waals surface area (Å²) in [7, 11) is -1.91. The van der Waals surface area contributed by atoms with E-state index in [4.69, 9.17) is 4.74 Å². The minimum atomic E-state index is -3.48. The van der Waals surface area contributed by atoms with E-state index in [1.807, 2.05) is 24.3 Å². The molecule has 0 amide bonds. The molecule has 1 N–H and O–H groups in total. The summed E-state index contributed by atoms with van der Waals surface area (Å²) >= 11 is 0. The van der Waals surface area contributed by atoms with Crippen LogP contribution in [0.3, 0.4) is 0 Å². The molecule has 7 heteroatoms. The summed E-state index contributed by atoms with van der Waals surface area (Å²) in [4.78, 5) is 12.2. The number of ether oxygens (including phenoxy) is 1. The number of anilines is 1. The molecule has 0 bridgehead atoms. The molecule has 0 unspecified atom stereocenters. The van der Waals surface area contributed by atoms with Crippen molar-refractivity contribution in [3.05, 3.63) is 58.5 Å². The first kappa shape index (κ1) is 15.1. The van der Waals surface area contributed by atoms with E-state index >= 15 is 0 Å². The van der Waals surface area contributed by atoms with E-state index in [0.717, 1.165) is 11.8 Å². The Hall–Kier alpha value is -2.28. The van der Waals surface area contributed by atoms with Crippen LogP contribution in [0.2, 0.25) is 0 Å². The van der Waals surface area contributed by atoms with Crippen molar-refractivity contribution in [3.63, 3.8) is 0 Å². The minimum Gasteiger partial charge on any atom is -0.497 e. The van der Waals surface area contributed by atoms with Crippen LogP contribution < -0.4 is 15.0 Å². The van der Waals surface area contributed by atoms with Gasteiger partial charge in [0.1, 0.15) is 11.4 Å². The van der Waals surface area contributed by atoms with Crippen LogP contribution in [-0.2, 0) is 16.6 Å². The molecule has 6 nitrogen and oxygen atoms in total. The molecule has 1 aromatic heterocycles. The van der Waals surface area contributed by atoms with E-state index in [9.17, 15) is 13.2 Å². The molecular formula is C14H16N2O4S. The molecule has 0 aliphatic heterocycles. The second kappa shape index (κ2) is 6.01. The highest BCUT2D eigenvalue weighted by atomic mass is 32.2. The van der Waals surface area contributed by atoms with Crippen molar-refractivity contribution in [2.24, 2.45) is 0 Å². The Morgan fingerprint density at radius 3 is 2.67 bits per heavy atom. The van der Waals surface area contributed by atoms with E-state index in [1.165, 1.54) is 10.6 Å². The van der Waals surface area contributed by atoms with E-state index < -0.39 is 15.6 Å². The zero-order valence-corrected chi connectivity index (χ0v) is 12.6. The first-order valence-corrected chi connectivity index (χ1v) is 8.08. The fraction of sp³-hybridized carbons (Fsp3) is 0.214. The van der Waals surface area contributed by atoms with Crippen LogP contribution in [0, 0.1) is 0 Å². The number of pyridine rings is 1. The Morgan fingerprint density at radius 2 is 2.00 bits per heavy atom. The number of nitrogens with zero attached hydrogens (tertiary/aromatic N) is 1. The lowest BCUT2D eigenvalue weighted by atomic mass is 10.2. The van der Waals surface area contributed by atoms with Crippen LogP contribution in [-0.4, -0.2) is 26.4 Å². The lowest BCUT2D eigenvalue weighted by Gasteiger charge is -2.10. The zero-order valence-electron chi connectivity index (χ0n) is 11.7. The van der Waals surface area contributed by atoms with Crippen molar-refractivity contribution in [2.45, 2.75) is 6.54 Å². The van der Waals surface area contributed by atoms with Crippen LogP contribution in [0.4, 0.5) is 5.69 Å². The van der Waals surface area contributed by atoms with Gasteiger partial charge < -0.3 is 9.30 Å². The lowest BCUT2D eigenvalue weighted by Crippen LogP contribution is -2.25. The molecule has 0 aliphatic carbocycles. The van der Waals surface area contributed by atoms with Crippen LogP contribution in [0.5, 0.6) is 5.75 Å². The molecule has 1 aromatic carbocycles. The van der Waals surface area contributed by atoms with Crippen molar-refractivity contribution in [3.8, 4) is 5.75 Å². The Morgan fingerprint density at radius 1 is 1.24 bits per heavy atom. The Kier molecular flexibility index (Phi) is 4.32. The monoisotopic (exact) mass is 308 g/mol. The van der Waals surface area contributed by atoms with Crippen LogP contribution in [0.25, 0.3) is 0 Å².